The fourth-order valence-electron chi connectivity index (χ4n) is 2.22. The molecule has 24 heavy (non-hydrogen) atoms. The molecule has 0 aromatic heterocycles. The molecule has 5 nitrogen and oxygen atoms in total. The molecule has 0 spiro atoms. The van der Waals surface area contributed by atoms with Crippen LogP contribution in [0.5, 0.6) is 0 Å². The van der Waals surface area contributed by atoms with E-state index in [2.05, 4.69) is 0 Å². The fraction of sp³-hybridized carbons (Fsp3) is 0. The van der Waals surface area contributed by atoms with Gasteiger partial charge in [0.1, 0.15) is 11.5 Å². The van der Waals surface area contributed by atoms with Gasteiger partial charge in [0, 0.05) is 11.6 Å². The summed E-state index contributed by atoms with van der Waals surface area (Å²) in [5, 5.41) is 11.2. The lowest BCUT2D eigenvalue weighted by Gasteiger charge is -2.14. The highest BCUT2D eigenvalue weighted by Crippen LogP contribution is 2.39. The van der Waals surface area contributed by atoms with Crippen LogP contribution in [0.2, 0.25) is 0 Å². The monoisotopic (exact) mass is 360 g/mol. The Hall–Kier alpha value is -2.58. The highest BCUT2D eigenvalue weighted by atomic mass is 32.2. The number of hydrogen-bond donors (Lipinski definition) is 0. The Morgan fingerprint density at radius 1 is 1.17 bits per heavy atom. The molecule has 0 aliphatic carbocycles. The summed E-state index contributed by atoms with van der Waals surface area (Å²) in [5.74, 6) is -0.976. The number of hydrogen-bond acceptors (Lipinski definition) is 5. The predicted octanol–water partition coefficient (Wildman–Crippen LogP) is 4.14. The summed E-state index contributed by atoms with van der Waals surface area (Å²) in [5.41, 5.74) is 0.128. The van der Waals surface area contributed by atoms with Gasteiger partial charge in [-0.15, -0.1) is 0 Å². The molecule has 0 unspecified atom stereocenters. The molecule has 1 aliphatic heterocycles. The zero-order valence-electron chi connectivity index (χ0n) is 12.0. The highest BCUT2D eigenvalue weighted by Gasteiger charge is 2.36. The molecule has 0 radical (unpaired) electrons. The Balaban J connectivity index is 2.02. The number of benzene rings is 2. The lowest BCUT2D eigenvalue weighted by molar-refractivity contribution is -0.384. The summed E-state index contributed by atoms with van der Waals surface area (Å²) in [6, 6.07) is 11.9. The van der Waals surface area contributed by atoms with Crippen molar-refractivity contribution in [1.29, 1.82) is 0 Å². The van der Waals surface area contributed by atoms with Crippen molar-refractivity contribution in [1.82, 2.24) is 0 Å². The molecule has 120 valence electrons. The number of nitro benzene ring substituents is 1. The molecule has 2 aromatic carbocycles. The first-order chi connectivity index (χ1) is 11.5. The van der Waals surface area contributed by atoms with Crippen molar-refractivity contribution in [2.75, 3.05) is 4.90 Å². The normalized spacial score (nSPS) is 16.0. The SMILES string of the molecule is O=C1/C(=C/c2ccccc2F)SC(=S)N1c1ccccc1[N+](=O)[O-]. The molecule has 0 bridgehead atoms. The summed E-state index contributed by atoms with van der Waals surface area (Å²) in [6.45, 7) is 0. The topological polar surface area (TPSA) is 63.5 Å². The van der Waals surface area contributed by atoms with Gasteiger partial charge in [-0.05, 0) is 18.2 Å². The zero-order chi connectivity index (χ0) is 17.3. The van der Waals surface area contributed by atoms with E-state index >= 15 is 0 Å². The van der Waals surface area contributed by atoms with Gasteiger partial charge in [0.25, 0.3) is 11.6 Å². The lowest BCUT2D eigenvalue weighted by atomic mass is 10.2. The lowest BCUT2D eigenvalue weighted by Crippen LogP contribution is -2.28. The number of rotatable bonds is 3. The van der Waals surface area contributed by atoms with E-state index in [1.54, 1.807) is 18.2 Å². The van der Waals surface area contributed by atoms with Crippen LogP contribution in [0.1, 0.15) is 5.56 Å². The maximum Gasteiger partial charge on any atom is 0.293 e. The van der Waals surface area contributed by atoms with E-state index in [9.17, 15) is 19.3 Å². The minimum atomic E-state index is -0.575. The van der Waals surface area contributed by atoms with Crippen LogP contribution in [0, 0.1) is 15.9 Å². The van der Waals surface area contributed by atoms with E-state index in [0.29, 0.717) is 0 Å². The molecule has 1 heterocycles. The second-order valence-corrected chi connectivity index (χ2v) is 6.46. The van der Waals surface area contributed by atoms with E-state index in [4.69, 9.17) is 12.2 Å². The molecule has 1 amide bonds. The maximum absolute atomic E-state index is 13.8. The van der Waals surface area contributed by atoms with Crippen LogP contribution in [0.25, 0.3) is 6.08 Å². The van der Waals surface area contributed by atoms with E-state index in [1.165, 1.54) is 36.4 Å². The third-order valence-corrected chi connectivity index (χ3v) is 4.61. The number of nitrogens with zero attached hydrogens (tertiary/aromatic N) is 2. The molecule has 0 atom stereocenters. The summed E-state index contributed by atoms with van der Waals surface area (Å²) in [6.07, 6.45) is 1.39. The average Bonchev–Trinajstić information content (AvgIpc) is 2.83. The van der Waals surface area contributed by atoms with Gasteiger partial charge in [0.15, 0.2) is 4.32 Å². The van der Waals surface area contributed by atoms with Crippen LogP contribution in [-0.2, 0) is 4.79 Å². The molecular weight excluding hydrogens is 351 g/mol. The van der Waals surface area contributed by atoms with Gasteiger partial charge in [-0.2, -0.15) is 0 Å². The summed E-state index contributed by atoms with van der Waals surface area (Å²) in [7, 11) is 0. The van der Waals surface area contributed by atoms with Crippen molar-refractivity contribution in [2.45, 2.75) is 0 Å². The second kappa shape index (κ2) is 6.50. The number of para-hydroxylation sites is 2. The largest absolute Gasteiger partial charge is 0.293 e. The number of carbonyl (C=O) groups is 1. The molecule has 1 aliphatic rings. The Morgan fingerprint density at radius 3 is 2.54 bits per heavy atom. The minimum Gasteiger partial charge on any atom is -0.268 e. The van der Waals surface area contributed by atoms with Crippen molar-refractivity contribution in [3.05, 3.63) is 74.9 Å². The molecule has 0 saturated carbocycles. The summed E-state index contributed by atoms with van der Waals surface area (Å²) >= 11 is 6.16. The smallest absolute Gasteiger partial charge is 0.268 e. The average molecular weight is 360 g/mol. The van der Waals surface area contributed by atoms with Gasteiger partial charge in [0.2, 0.25) is 0 Å². The first kappa shape index (κ1) is 16.3. The molecule has 8 heteroatoms. The van der Waals surface area contributed by atoms with Crippen molar-refractivity contribution >= 4 is 51.7 Å². The van der Waals surface area contributed by atoms with Crippen LogP contribution in [-0.4, -0.2) is 15.2 Å². The van der Waals surface area contributed by atoms with Gasteiger partial charge >= 0.3 is 0 Å². The summed E-state index contributed by atoms with van der Waals surface area (Å²) in [4.78, 5) is 24.5. The quantitative estimate of drug-likeness (QED) is 0.356. The maximum atomic E-state index is 13.8. The molecule has 0 N–H and O–H groups in total. The van der Waals surface area contributed by atoms with Crippen molar-refractivity contribution in [2.24, 2.45) is 0 Å². The standard InChI is InChI=1S/C16H9FN2O3S2/c17-11-6-2-1-5-10(11)9-14-15(20)18(16(23)24-14)12-7-3-4-8-13(12)19(21)22/h1-9H/b14-9-. The predicted molar refractivity (Wildman–Crippen MR) is 95.1 cm³/mol. The summed E-state index contributed by atoms with van der Waals surface area (Å²) < 4.78 is 13.9. The Kier molecular flexibility index (Phi) is 4.41. The number of nitro groups is 1. The number of halogens is 1. The Bertz CT molecular complexity index is 898. The molecule has 1 saturated heterocycles. The second-order valence-electron chi connectivity index (χ2n) is 4.78. The number of anilines is 1. The van der Waals surface area contributed by atoms with Gasteiger partial charge in [-0.1, -0.05) is 54.3 Å². The molecule has 3 rings (SSSR count). The number of carbonyl (C=O) groups excluding carboxylic acids is 1. The van der Waals surface area contributed by atoms with Gasteiger partial charge < -0.3 is 0 Å². The van der Waals surface area contributed by atoms with Crippen LogP contribution in [0.4, 0.5) is 15.8 Å². The van der Waals surface area contributed by atoms with E-state index in [-0.39, 0.29) is 26.2 Å². The van der Waals surface area contributed by atoms with Crippen LogP contribution in [0.15, 0.2) is 53.4 Å². The highest BCUT2D eigenvalue weighted by molar-refractivity contribution is 8.27. The van der Waals surface area contributed by atoms with E-state index < -0.39 is 16.6 Å². The molecule has 2 aromatic rings. The third kappa shape index (κ3) is 2.93. The number of thiocarbonyl (C=S) groups is 1. The number of thioether (sulfide) groups is 1. The first-order valence-electron chi connectivity index (χ1n) is 6.75. The molecule has 1 fully saturated rings. The van der Waals surface area contributed by atoms with E-state index in [1.807, 2.05) is 0 Å². The van der Waals surface area contributed by atoms with Crippen molar-refractivity contribution in [3.8, 4) is 0 Å². The van der Waals surface area contributed by atoms with Gasteiger partial charge in [-0.3, -0.25) is 19.8 Å². The minimum absolute atomic E-state index is 0.0990. The van der Waals surface area contributed by atoms with Gasteiger partial charge in [0.05, 0.1) is 9.83 Å². The fourth-order valence-corrected chi connectivity index (χ4v) is 3.49. The van der Waals surface area contributed by atoms with Crippen LogP contribution >= 0.6 is 24.0 Å². The Labute approximate surface area is 145 Å². The van der Waals surface area contributed by atoms with Crippen LogP contribution in [0.3, 0.4) is 0 Å². The van der Waals surface area contributed by atoms with Crippen molar-refractivity contribution in [3.63, 3.8) is 0 Å². The van der Waals surface area contributed by atoms with Crippen molar-refractivity contribution < 1.29 is 14.1 Å². The van der Waals surface area contributed by atoms with Gasteiger partial charge in [-0.25, -0.2) is 4.39 Å². The van der Waals surface area contributed by atoms with Crippen LogP contribution < -0.4 is 4.90 Å². The first-order valence-corrected chi connectivity index (χ1v) is 7.97. The molecular formula is C16H9FN2O3S2. The zero-order valence-corrected chi connectivity index (χ0v) is 13.6. The third-order valence-electron chi connectivity index (χ3n) is 3.30. The Morgan fingerprint density at radius 2 is 1.83 bits per heavy atom. The number of amides is 1. The van der Waals surface area contributed by atoms with E-state index in [0.717, 1.165) is 16.7 Å².